The minimum absolute atomic E-state index is 0.318. The van der Waals surface area contributed by atoms with Crippen molar-refractivity contribution >= 4 is 52.1 Å². The number of carbonyl (C=O) groups excluding carboxylic acids is 1. The van der Waals surface area contributed by atoms with Crippen molar-refractivity contribution in [3.05, 3.63) is 130 Å². The standard InChI is InChI=1S/C34H27ClN6O2/c1-20-13-18-24(19-26(20)35)36-31-33-38-32-29(21(2)39-41(32)25-9-5-4-6-10-25)30(22-14-16-23(17-15-22)34(42)43-3)40(33)28-12-8-7-11-27(28)37-31/h4-19,30H,1-3H3,(H,36,37)/t30-/m0/s1. The Kier molecular flexibility index (Phi) is 6.55. The summed E-state index contributed by atoms with van der Waals surface area (Å²) >= 11 is 6.49. The van der Waals surface area contributed by atoms with Crippen molar-refractivity contribution in [2.45, 2.75) is 19.9 Å². The van der Waals surface area contributed by atoms with E-state index in [9.17, 15) is 4.79 Å². The van der Waals surface area contributed by atoms with Gasteiger partial charge in [0, 0.05) is 16.3 Å². The third-order valence-corrected chi connectivity index (χ3v) is 8.13. The van der Waals surface area contributed by atoms with Crippen LogP contribution in [0.25, 0.3) is 5.69 Å². The molecule has 0 saturated carbocycles. The number of methoxy groups -OCH3 is 1. The molecule has 0 fully saturated rings. The Morgan fingerprint density at radius 1 is 0.907 bits per heavy atom. The number of halogens is 1. The van der Waals surface area contributed by atoms with E-state index >= 15 is 0 Å². The van der Waals surface area contributed by atoms with Crippen LogP contribution in [0.2, 0.25) is 5.02 Å². The van der Waals surface area contributed by atoms with Crippen LogP contribution in [0.15, 0.2) is 107 Å². The van der Waals surface area contributed by atoms with Crippen LogP contribution in [0, 0.1) is 13.8 Å². The van der Waals surface area contributed by atoms with Gasteiger partial charge in [-0.15, -0.1) is 0 Å². The van der Waals surface area contributed by atoms with Gasteiger partial charge in [-0.25, -0.2) is 19.5 Å². The lowest BCUT2D eigenvalue weighted by Gasteiger charge is -2.40. The van der Waals surface area contributed by atoms with Crippen molar-refractivity contribution in [2.75, 3.05) is 17.3 Å². The van der Waals surface area contributed by atoms with E-state index < -0.39 is 0 Å². The second-order valence-electron chi connectivity index (χ2n) is 10.4. The lowest BCUT2D eigenvalue weighted by atomic mass is 9.92. The summed E-state index contributed by atoms with van der Waals surface area (Å²) in [5.41, 5.74) is 7.66. The molecule has 0 unspecified atom stereocenters. The summed E-state index contributed by atoms with van der Waals surface area (Å²) in [6.45, 7) is 3.98. The Morgan fingerprint density at radius 3 is 2.40 bits per heavy atom. The fraction of sp³-hybridized carbons (Fsp3) is 0.118. The number of esters is 1. The zero-order chi connectivity index (χ0) is 29.7. The molecule has 7 rings (SSSR count). The van der Waals surface area contributed by atoms with Crippen molar-refractivity contribution in [1.82, 2.24) is 9.78 Å². The van der Waals surface area contributed by atoms with Crippen LogP contribution in [0.3, 0.4) is 0 Å². The molecule has 4 aromatic carbocycles. The fourth-order valence-electron chi connectivity index (χ4n) is 5.59. The normalized spacial score (nSPS) is 15.1. The van der Waals surface area contributed by atoms with Gasteiger partial charge < -0.3 is 15.0 Å². The molecule has 2 aliphatic heterocycles. The summed E-state index contributed by atoms with van der Waals surface area (Å²) in [5, 5.41) is 9.12. The quantitative estimate of drug-likeness (QED) is 0.218. The summed E-state index contributed by atoms with van der Waals surface area (Å²) in [7, 11) is 1.38. The number of aryl methyl sites for hydroxylation is 2. The Balaban J connectivity index is 1.47. The van der Waals surface area contributed by atoms with E-state index in [0.29, 0.717) is 28.1 Å². The molecular formula is C34H27ClN6O2. The van der Waals surface area contributed by atoms with Crippen molar-refractivity contribution in [3.8, 4) is 5.69 Å². The van der Waals surface area contributed by atoms with Gasteiger partial charge in [-0.3, -0.25) is 0 Å². The Hall–Kier alpha value is -5.21. The van der Waals surface area contributed by atoms with Crippen LogP contribution in [0.4, 0.5) is 22.9 Å². The highest BCUT2D eigenvalue weighted by Gasteiger charge is 2.41. The molecule has 0 spiro atoms. The smallest absolute Gasteiger partial charge is 0.337 e. The topological polar surface area (TPSA) is 84.1 Å². The molecule has 8 nitrogen and oxygen atoms in total. The molecule has 2 aliphatic rings. The maximum Gasteiger partial charge on any atom is 0.337 e. The van der Waals surface area contributed by atoms with E-state index in [0.717, 1.165) is 45.1 Å². The SMILES string of the molecule is COC(=O)c1ccc([C@H]2c3c(C)nn(-c4ccccc4)c3N=C3C(Nc4ccc(C)c(Cl)c4)=Nc4ccccc4N32)cc1. The van der Waals surface area contributed by atoms with E-state index in [4.69, 9.17) is 31.4 Å². The van der Waals surface area contributed by atoms with Gasteiger partial charge in [0.1, 0.15) is 0 Å². The first-order valence-corrected chi connectivity index (χ1v) is 14.2. The van der Waals surface area contributed by atoms with Crippen LogP contribution in [-0.2, 0) is 4.74 Å². The molecule has 212 valence electrons. The number of anilines is 2. The Labute approximate surface area is 253 Å². The molecular weight excluding hydrogens is 560 g/mol. The van der Waals surface area contributed by atoms with Crippen LogP contribution in [-0.4, -0.2) is 34.5 Å². The number of fused-ring (bicyclic) bond motifs is 4. The first-order valence-electron chi connectivity index (χ1n) is 13.9. The summed E-state index contributed by atoms with van der Waals surface area (Å²) in [6, 6.07) is 31.0. The zero-order valence-electron chi connectivity index (χ0n) is 23.7. The highest BCUT2D eigenvalue weighted by Crippen LogP contribution is 2.48. The molecule has 1 aromatic heterocycles. The van der Waals surface area contributed by atoms with Gasteiger partial charge in [-0.05, 0) is 73.5 Å². The number of para-hydroxylation sites is 3. The predicted molar refractivity (Wildman–Crippen MR) is 171 cm³/mol. The molecule has 9 heteroatoms. The number of benzene rings is 4. The highest BCUT2D eigenvalue weighted by atomic mass is 35.5. The Morgan fingerprint density at radius 2 is 1.65 bits per heavy atom. The van der Waals surface area contributed by atoms with Crippen molar-refractivity contribution in [3.63, 3.8) is 0 Å². The molecule has 0 amide bonds. The van der Waals surface area contributed by atoms with E-state index in [1.165, 1.54) is 7.11 Å². The first kappa shape index (κ1) is 26.7. The molecule has 3 heterocycles. The number of hydrogen-bond acceptors (Lipinski definition) is 7. The van der Waals surface area contributed by atoms with Crippen LogP contribution < -0.4 is 10.2 Å². The predicted octanol–water partition coefficient (Wildman–Crippen LogP) is 7.72. The molecule has 43 heavy (non-hydrogen) atoms. The fourth-order valence-corrected chi connectivity index (χ4v) is 5.77. The number of rotatable bonds is 4. The molecule has 5 aromatic rings. The molecule has 0 bridgehead atoms. The number of ether oxygens (including phenoxy) is 1. The largest absolute Gasteiger partial charge is 0.465 e. The number of aromatic nitrogens is 2. The van der Waals surface area contributed by atoms with Gasteiger partial charge >= 0.3 is 5.97 Å². The minimum Gasteiger partial charge on any atom is -0.465 e. The molecule has 1 atom stereocenters. The van der Waals surface area contributed by atoms with Crippen LogP contribution in [0.1, 0.15) is 38.8 Å². The van der Waals surface area contributed by atoms with Crippen molar-refractivity contribution < 1.29 is 9.53 Å². The number of hydrogen-bond donors (Lipinski definition) is 1. The lowest BCUT2D eigenvalue weighted by molar-refractivity contribution is 0.0600. The third-order valence-electron chi connectivity index (χ3n) is 7.72. The number of carbonyl (C=O) groups is 1. The maximum absolute atomic E-state index is 12.3. The van der Waals surface area contributed by atoms with Gasteiger partial charge in [0.2, 0.25) is 0 Å². The molecule has 1 N–H and O–H groups in total. The summed E-state index contributed by atoms with van der Waals surface area (Å²) < 4.78 is 6.83. The van der Waals surface area contributed by atoms with Crippen molar-refractivity contribution in [1.29, 1.82) is 0 Å². The maximum atomic E-state index is 12.3. The number of amidine groups is 2. The zero-order valence-corrected chi connectivity index (χ0v) is 24.5. The summed E-state index contributed by atoms with van der Waals surface area (Å²) in [6.07, 6.45) is 0. The van der Waals surface area contributed by atoms with Gasteiger partial charge in [-0.1, -0.05) is 60.1 Å². The monoisotopic (exact) mass is 586 g/mol. The summed E-state index contributed by atoms with van der Waals surface area (Å²) in [4.78, 5) is 24.8. The van der Waals surface area contributed by atoms with E-state index in [2.05, 4.69) is 10.2 Å². The molecule has 0 aliphatic carbocycles. The van der Waals surface area contributed by atoms with E-state index in [1.807, 2.05) is 103 Å². The number of nitrogens with one attached hydrogen (secondary N) is 1. The van der Waals surface area contributed by atoms with Crippen molar-refractivity contribution in [2.24, 2.45) is 9.98 Å². The number of nitrogens with zero attached hydrogens (tertiary/aromatic N) is 5. The van der Waals surface area contributed by atoms with E-state index in [-0.39, 0.29) is 12.0 Å². The second kappa shape index (κ2) is 10.6. The summed E-state index contributed by atoms with van der Waals surface area (Å²) in [5.74, 6) is 1.55. The van der Waals surface area contributed by atoms with Gasteiger partial charge in [0.05, 0.1) is 41.5 Å². The highest BCUT2D eigenvalue weighted by molar-refractivity contribution is 6.51. The number of aliphatic imine (C=N–C) groups is 2. The average molecular weight is 587 g/mol. The average Bonchev–Trinajstić information content (AvgIpc) is 3.37. The van der Waals surface area contributed by atoms with Crippen LogP contribution >= 0.6 is 11.6 Å². The van der Waals surface area contributed by atoms with Gasteiger partial charge in [-0.2, -0.15) is 5.10 Å². The van der Waals surface area contributed by atoms with Gasteiger partial charge in [0.15, 0.2) is 17.5 Å². The lowest BCUT2D eigenvalue weighted by Crippen LogP contribution is -2.46. The first-order chi connectivity index (χ1) is 20.9. The third kappa shape index (κ3) is 4.56. The Bertz CT molecular complexity index is 1950. The minimum atomic E-state index is -0.384. The van der Waals surface area contributed by atoms with E-state index in [1.54, 1.807) is 12.1 Å². The van der Waals surface area contributed by atoms with Crippen LogP contribution in [0.5, 0.6) is 0 Å². The molecule has 0 radical (unpaired) electrons. The van der Waals surface area contributed by atoms with Gasteiger partial charge in [0.25, 0.3) is 0 Å². The molecule has 0 saturated heterocycles. The second-order valence-corrected chi connectivity index (χ2v) is 10.8.